The number of thiophene rings is 1. The van der Waals surface area contributed by atoms with Crippen molar-refractivity contribution in [3.05, 3.63) is 51.2 Å². The van der Waals surface area contributed by atoms with Crippen molar-refractivity contribution < 1.29 is 9.53 Å². The van der Waals surface area contributed by atoms with E-state index in [2.05, 4.69) is 32.9 Å². The molecule has 4 heteroatoms. The van der Waals surface area contributed by atoms with E-state index in [0.29, 0.717) is 6.61 Å². The van der Waals surface area contributed by atoms with Crippen LogP contribution in [0.4, 0.5) is 0 Å². The normalized spacial score (nSPS) is 15.5. The Labute approximate surface area is 148 Å². The van der Waals surface area contributed by atoms with Crippen molar-refractivity contribution in [3.63, 3.8) is 0 Å². The maximum atomic E-state index is 12.6. The van der Waals surface area contributed by atoms with Gasteiger partial charge < -0.3 is 9.64 Å². The smallest absolute Gasteiger partial charge is 0.263 e. The van der Waals surface area contributed by atoms with E-state index < -0.39 is 0 Å². The van der Waals surface area contributed by atoms with Crippen molar-refractivity contribution in [2.75, 3.05) is 13.1 Å². The monoisotopic (exact) mass is 343 g/mol. The third-order valence-corrected chi connectivity index (χ3v) is 5.63. The fourth-order valence-corrected chi connectivity index (χ4v) is 3.92. The van der Waals surface area contributed by atoms with Crippen LogP contribution < -0.4 is 4.74 Å². The van der Waals surface area contributed by atoms with Gasteiger partial charge in [-0.25, -0.2) is 0 Å². The van der Waals surface area contributed by atoms with E-state index in [1.54, 1.807) is 0 Å². The Morgan fingerprint density at radius 2 is 2.00 bits per heavy atom. The molecule has 0 spiro atoms. The van der Waals surface area contributed by atoms with Gasteiger partial charge >= 0.3 is 0 Å². The molecule has 0 N–H and O–H groups in total. The number of carbonyl (C=O) groups is 1. The van der Waals surface area contributed by atoms with Crippen LogP contribution in [-0.2, 0) is 6.61 Å². The Bertz CT molecular complexity index is 714. The predicted molar refractivity (Wildman–Crippen MR) is 98.9 cm³/mol. The topological polar surface area (TPSA) is 29.5 Å². The number of likely N-dealkylation sites (tertiary alicyclic amines) is 1. The van der Waals surface area contributed by atoms with Crippen molar-refractivity contribution in [1.82, 2.24) is 4.90 Å². The summed E-state index contributed by atoms with van der Waals surface area (Å²) in [5, 5.41) is 2.03. The van der Waals surface area contributed by atoms with Gasteiger partial charge in [-0.3, -0.25) is 4.79 Å². The predicted octanol–water partition coefficient (Wildman–Crippen LogP) is 4.82. The van der Waals surface area contributed by atoms with Gasteiger partial charge in [-0.1, -0.05) is 24.6 Å². The van der Waals surface area contributed by atoms with Crippen LogP contribution >= 0.6 is 11.3 Å². The molecule has 2 heterocycles. The van der Waals surface area contributed by atoms with E-state index in [0.717, 1.165) is 53.6 Å². The number of ether oxygens (including phenoxy) is 1. The van der Waals surface area contributed by atoms with Crippen LogP contribution in [0, 0.1) is 19.8 Å². The van der Waals surface area contributed by atoms with Crippen LogP contribution in [-0.4, -0.2) is 23.9 Å². The first-order valence-corrected chi connectivity index (χ1v) is 9.47. The minimum absolute atomic E-state index is 0.171. The number of hydrogen-bond donors (Lipinski definition) is 0. The van der Waals surface area contributed by atoms with Crippen molar-refractivity contribution in [1.29, 1.82) is 0 Å². The summed E-state index contributed by atoms with van der Waals surface area (Å²) in [6.07, 6.45) is 2.22. The highest BCUT2D eigenvalue weighted by Gasteiger charge is 2.22. The summed E-state index contributed by atoms with van der Waals surface area (Å²) in [5.41, 5.74) is 3.44. The first kappa shape index (κ1) is 17.0. The van der Waals surface area contributed by atoms with E-state index in [-0.39, 0.29) is 5.91 Å². The third kappa shape index (κ3) is 3.99. The number of piperidine rings is 1. The molecule has 1 saturated heterocycles. The van der Waals surface area contributed by atoms with Crippen molar-refractivity contribution >= 4 is 17.2 Å². The van der Waals surface area contributed by atoms with Gasteiger partial charge in [0, 0.05) is 18.7 Å². The van der Waals surface area contributed by atoms with Crippen molar-refractivity contribution in [3.8, 4) is 5.75 Å². The molecule has 0 saturated carbocycles. The highest BCUT2D eigenvalue weighted by Crippen LogP contribution is 2.24. The van der Waals surface area contributed by atoms with Crippen LogP contribution in [0.5, 0.6) is 5.75 Å². The zero-order chi connectivity index (χ0) is 17.1. The second-order valence-electron chi connectivity index (χ2n) is 6.85. The molecular weight excluding hydrogens is 318 g/mol. The lowest BCUT2D eigenvalue weighted by molar-refractivity contribution is 0.0702. The Hall–Kier alpha value is -1.81. The van der Waals surface area contributed by atoms with Crippen LogP contribution in [0.2, 0.25) is 0 Å². The molecule has 3 nitrogen and oxygen atoms in total. The number of hydrogen-bond acceptors (Lipinski definition) is 3. The third-order valence-electron chi connectivity index (χ3n) is 4.66. The second kappa shape index (κ2) is 7.39. The van der Waals surface area contributed by atoms with Gasteiger partial charge in [0.25, 0.3) is 5.91 Å². The molecule has 3 rings (SSSR count). The van der Waals surface area contributed by atoms with Gasteiger partial charge in [0.05, 0.1) is 4.88 Å². The summed E-state index contributed by atoms with van der Waals surface area (Å²) in [7, 11) is 0. The van der Waals surface area contributed by atoms with Crippen LogP contribution in [0.1, 0.15) is 46.1 Å². The second-order valence-corrected chi connectivity index (χ2v) is 7.76. The highest BCUT2D eigenvalue weighted by molar-refractivity contribution is 7.12. The van der Waals surface area contributed by atoms with Gasteiger partial charge in [-0.15, -0.1) is 11.3 Å². The lowest BCUT2D eigenvalue weighted by Crippen LogP contribution is -2.37. The molecule has 0 bridgehead atoms. The summed E-state index contributed by atoms with van der Waals surface area (Å²) in [4.78, 5) is 15.4. The quantitative estimate of drug-likeness (QED) is 0.797. The molecule has 0 radical (unpaired) electrons. The lowest BCUT2D eigenvalue weighted by Gasteiger charge is -2.29. The van der Waals surface area contributed by atoms with E-state index in [4.69, 9.17) is 4.74 Å². The standard InChI is InChI=1S/C20H25NO2S/c1-14-6-8-21(9-7-14)20(22)19-11-17(13-24-19)12-23-18-5-4-15(2)10-16(18)3/h4-5,10-11,13-14H,6-9,12H2,1-3H3. The summed E-state index contributed by atoms with van der Waals surface area (Å²) < 4.78 is 5.91. The SMILES string of the molecule is Cc1ccc(OCc2csc(C(=O)N3CCC(C)CC3)c2)c(C)c1. The van der Waals surface area contributed by atoms with Gasteiger partial charge in [0.1, 0.15) is 12.4 Å². The minimum atomic E-state index is 0.171. The molecule has 1 aromatic heterocycles. The minimum Gasteiger partial charge on any atom is -0.489 e. The Morgan fingerprint density at radius 3 is 2.71 bits per heavy atom. The number of carbonyl (C=O) groups excluding carboxylic acids is 1. The Morgan fingerprint density at radius 1 is 1.25 bits per heavy atom. The molecule has 2 aromatic rings. The molecule has 0 unspecified atom stereocenters. The summed E-state index contributed by atoms with van der Waals surface area (Å²) in [6.45, 7) is 8.66. The van der Waals surface area contributed by atoms with Gasteiger partial charge in [-0.05, 0) is 55.7 Å². The van der Waals surface area contributed by atoms with Gasteiger partial charge in [0.2, 0.25) is 0 Å². The molecule has 1 amide bonds. The summed E-state index contributed by atoms with van der Waals surface area (Å²) in [5.74, 6) is 1.81. The van der Waals surface area contributed by atoms with Crippen LogP contribution in [0.25, 0.3) is 0 Å². The number of rotatable bonds is 4. The van der Waals surface area contributed by atoms with E-state index in [1.165, 1.54) is 16.9 Å². The maximum absolute atomic E-state index is 12.6. The number of benzene rings is 1. The first-order valence-electron chi connectivity index (χ1n) is 8.59. The fraction of sp³-hybridized carbons (Fsp3) is 0.450. The first-order chi connectivity index (χ1) is 11.5. The van der Waals surface area contributed by atoms with Crippen molar-refractivity contribution in [2.24, 2.45) is 5.92 Å². The van der Waals surface area contributed by atoms with Crippen LogP contribution in [0.15, 0.2) is 29.6 Å². The number of aryl methyl sites for hydroxylation is 2. The van der Waals surface area contributed by atoms with E-state index in [9.17, 15) is 4.79 Å². The number of amides is 1. The summed E-state index contributed by atoms with van der Waals surface area (Å²) in [6, 6.07) is 8.17. The highest BCUT2D eigenvalue weighted by atomic mass is 32.1. The fourth-order valence-electron chi connectivity index (χ4n) is 3.05. The maximum Gasteiger partial charge on any atom is 0.263 e. The molecule has 1 fully saturated rings. The van der Waals surface area contributed by atoms with E-state index >= 15 is 0 Å². The molecule has 0 atom stereocenters. The van der Waals surface area contributed by atoms with Gasteiger partial charge in [0.15, 0.2) is 0 Å². The molecule has 1 aromatic carbocycles. The zero-order valence-corrected chi connectivity index (χ0v) is 15.5. The number of nitrogens with zero attached hydrogens (tertiary/aromatic N) is 1. The molecule has 0 aliphatic carbocycles. The molecule has 1 aliphatic rings. The van der Waals surface area contributed by atoms with Crippen molar-refractivity contribution in [2.45, 2.75) is 40.2 Å². The van der Waals surface area contributed by atoms with Crippen LogP contribution in [0.3, 0.4) is 0 Å². The molecular formula is C20H25NO2S. The molecule has 128 valence electrons. The Balaban J connectivity index is 1.60. The lowest BCUT2D eigenvalue weighted by atomic mass is 9.99. The zero-order valence-electron chi connectivity index (χ0n) is 14.7. The Kier molecular flexibility index (Phi) is 5.24. The summed E-state index contributed by atoms with van der Waals surface area (Å²) >= 11 is 1.52. The molecule has 1 aliphatic heterocycles. The average molecular weight is 343 g/mol. The van der Waals surface area contributed by atoms with Gasteiger partial charge in [-0.2, -0.15) is 0 Å². The largest absolute Gasteiger partial charge is 0.489 e. The molecule has 24 heavy (non-hydrogen) atoms. The average Bonchev–Trinajstić information content (AvgIpc) is 3.03. The van der Waals surface area contributed by atoms with E-state index in [1.807, 2.05) is 22.4 Å².